The normalized spacial score (nSPS) is 10.8. The molecule has 5 nitrogen and oxygen atoms in total. The van der Waals surface area contributed by atoms with E-state index in [1.54, 1.807) is 19.4 Å². The molecule has 0 fully saturated rings. The maximum Gasteiger partial charge on any atom is 0.224 e. The van der Waals surface area contributed by atoms with Gasteiger partial charge < -0.3 is 10.3 Å². The number of likely N-dealkylation sites (N-methyl/N-ethyl adjacent to an activating group) is 1. The van der Waals surface area contributed by atoms with Crippen LogP contribution in [0.5, 0.6) is 0 Å². The number of pyridine rings is 1. The zero-order valence-corrected chi connectivity index (χ0v) is 12.0. The molecule has 0 saturated heterocycles. The minimum absolute atomic E-state index is 0.00664. The smallest absolute Gasteiger partial charge is 0.224 e. The van der Waals surface area contributed by atoms with Crippen molar-refractivity contribution in [2.45, 2.75) is 13.3 Å². The molecule has 21 heavy (non-hydrogen) atoms. The second-order valence-corrected chi connectivity index (χ2v) is 4.96. The highest BCUT2D eigenvalue weighted by Crippen LogP contribution is 2.23. The van der Waals surface area contributed by atoms with Gasteiger partial charge in [-0.3, -0.25) is 4.79 Å². The van der Waals surface area contributed by atoms with Crippen molar-refractivity contribution in [1.82, 2.24) is 20.3 Å². The Labute approximate surface area is 122 Å². The van der Waals surface area contributed by atoms with Gasteiger partial charge in [0.1, 0.15) is 5.69 Å². The molecule has 2 N–H and O–H groups in total. The summed E-state index contributed by atoms with van der Waals surface area (Å²) >= 11 is 0. The van der Waals surface area contributed by atoms with Crippen molar-refractivity contribution in [2.75, 3.05) is 7.05 Å². The Morgan fingerprint density at radius 2 is 2.19 bits per heavy atom. The van der Waals surface area contributed by atoms with Gasteiger partial charge in [0.15, 0.2) is 5.82 Å². The van der Waals surface area contributed by atoms with Gasteiger partial charge in [0.2, 0.25) is 5.91 Å². The first-order valence-electron chi connectivity index (χ1n) is 6.78. The molecule has 0 aliphatic heterocycles. The predicted octanol–water partition coefficient (Wildman–Crippen LogP) is 2.22. The quantitative estimate of drug-likeness (QED) is 0.773. The number of nitrogens with one attached hydrogen (secondary N) is 2. The van der Waals surface area contributed by atoms with E-state index in [9.17, 15) is 4.79 Å². The first-order chi connectivity index (χ1) is 10.2. The topological polar surface area (TPSA) is 70.7 Å². The lowest BCUT2D eigenvalue weighted by atomic mass is 10.0. The van der Waals surface area contributed by atoms with Crippen LogP contribution in [-0.2, 0) is 11.2 Å². The summed E-state index contributed by atoms with van der Waals surface area (Å²) in [5.74, 6) is 0.765. The number of nitrogens with zero attached hydrogens (tertiary/aromatic N) is 2. The van der Waals surface area contributed by atoms with Gasteiger partial charge in [-0.15, -0.1) is 0 Å². The summed E-state index contributed by atoms with van der Waals surface area (Å²) in [5.41, 5.74) is 3.83. The molecule has 0 spiro atoms. The van der Waals surface area contributed by atoms with Crippen LogP contribution in [0.15, 0.2) is 36.7 Å². The van der Waals surface area contributed by atoms with Crippen LogP contribution in [-0.4, -0.2) is 27.9 Å². The average Bonchev–Trinajstić information content (AvgIpc) is 3.02. The van der Waals surface area contributed by atoms with Crippen molar-refractivity contribution in [1.29, 1.82) is 0 Å². The lowest BCUT2D eigenvalue weighted by Crippen LogP contribution is -2.19. The molecular weight excluding hydrogens is 264 g/mol. The van der Waals surface area contributed by atoms with Crippen molar-refractivity contribution in [3.8, 4) is 11.5 Å². The van der Waals surface area contributed by atoms with Gasteiger partial charge in [-0.25, -0.2) is 9.97 Å². The summed E-state index contributed by atoms with van der Waals surface area (Å²) in [6.07, 6.45) is 3.87. The lowest BCUT2D eigenvalue weighted by Gasteiger charge is -2.07. The van der Waals surface area contributed by atoms with E-state index in [-0.39, 0.29) is 5.91 Å². The third-order valence-electron chi connectivity index (χ3n) is 3.46. The van der Waals surface area contributed by atoms with E-state index in [0.717, 1.165) is 33.5 Å². The van der Waals surface area contributed by atoms with Gasteiger partial charge in [0.25, 0.3) is 0 Å². The van der Waals surface area contributed by atoms with Crippen LogP contribution in [0.3, 0.4) is 0 Å². The van der Waals surface area contributed by atoms with E-state index in [4.69, 9.17) is 0 Å². The van der Waals surface area contributed by atoms with Crippen LogP contribution in [0.1, 0.15) is 11.1 Å². The van der Waals surface area contributed by atoms with E-state index >= 15 is 0 Å². The molecule has 2 aromatic heterocycles. The van der Waals surface area contributed by atoms with Gasteiger partial charge >= 0.3 is 0 Å². The maximum atomic E-state index is 11.5. The Kier molecular flexibility index (Phi) is 3.39. The van der Waals surface area contributed by atoms with Gasteiger partial charge in [-0.1, -0.05) is 6.07 Å². The summed E-state index contributed by atoms with van der Waals surface area (Å²) in [6, 6.07) is 7.92. The lowest BCUT2D eigenvalue weighted by molar-refractivity contribution is -0.119. The van der Waals surface area contributed by atoms with Gasteiger partial charge in [-0.2, -0.15) is 0 Å². The third kappa shape index (κ3) is 2.63. The standard InChI is InChI=1S/C16H16N4O/c1-10-7-14(16-18-5-6-19-16)20-13-4-3-11(8-12(10)13)9-15(21)17-2/h3-8H,9H2,1-2H3,(H,17,21)(H,18,19). The van der Waals surface area contributed by atoms with Crippen molar-refractivity contribution in [3.05, 3.63) is 47.8 Å². The molecule has 0 atom stereocenters. The molecule has 0 aliphatic rings. The molecular formula is C16H16N4O. The number of aromatic amines is 1. The molecule has 3 rings (SSSR count). The number of hydrogen-bond acceptors (Lipinski definition) is 3. The van der Waals surface area contributed by atoms with Gasteiger partial charge in [0, 0.05) is 24.8 Å². The fraction of sp³-hybridized carbons (Fsp3) is 0.188. The Morgan fingerprint density at radius 3 is 2.90 bits per heavy atom. The number of fused-ring (bicyclic) bond motifs is 1. The van der Waals surface area contributed by atoms with Gasteiger partial charge in [0.05, 0.1) is 11.9 Å². The van der Waals surface area contributed by atoms with Crippen LogP contribution in [0.2, 0.25) is 0 Å². The molecule has 0 unspecified atom stereocenters. The molecule has 1 aromatic carbocycles. The van der Waals surface area contributed by atoms with Crippen LogP contribution in [0, 0.1) is 6.92 Å². The second-order valence-electron chi connectivity index (χ2n) is 4.96. The highest BCUT2D eigenvalue weighted by Gasteiger charge is 2.08. The number of imidazole rings is 1. The highest BCUT2D eigenvalue weighted by atomic mass is 16.1. The molecule has 0 bridgehead atoms. The van der Waals surface area contributed by atoms with Crippen LogP contribution >= 0.6 is 0 Å². The summed E-state index contributed by atoms with van der Waals surface area (Å²) < 4.78 is 0. The second kappa shape index (κ2) is 5.36. The van der Waals surface area contributed by atoms with E-state index in [0.29, 0.717) is 6.42 Å². The zero-order chi connectivity index (χ0) is 14.8. The number of rotatable bonds is 3. The van der Waals surface area contributed by atoms with Gasteiger partial charge in [-0.05, 0) is 36.2 Å². The van der Waals surface area contributed by atoms with E-state index in [1.165, 1.54) is 0 Å². The molecule has 106 valence electrons. The monoisotopic (exact) mass is 280 g/mol. The fourth-order valence-electron chi connectivity index (χ4n) is 2.35. The summed E-state index contributed by atoms with van der Waals surface area (Å²) in [6.45, 7) is 2.04. The number of hydrogen-bond donors (Lipinski definition) is 2. The molecule has 3 aromatic rings. The van der Waals surface area contributed by atoms with E-state index in [1.807, 2.05) is 31.2 Å². The number of H-pyrrole nitrogens is 1. The summed E-state index contributed by atoms with van der Waals surface area (Å²) in [4.78, 5) is 23.4. The predicted molar refractivity (Wildman–Crippen MR) is 81.8 cm³/mol. The molecule has 0 aliphatic carbocycles. The third-order valence-corrected chi connectivity index (χ3v) is 3.46. The number of aromatic nitrogens is 3. The Balaban J connectivity index is 2.05. The molecule has 1 amide bonds. The molecule has 5 heteroatoms. The summed E-state index contributed by atoms with van der Waals surface area (Å²) in [5, 5.41) is 3.70. The maximum absolute atomic E-state index is 11.5. The van der Waals surface area contributed by atoms with E-state index < -0.39 is 0 Å². The summed E-state index contributed by atoms with van der Waals surface area (Å²) in [7, 11) is 1.64. The number of carbonyl (C=O) groups excluding carboxylic acids is 1. The first kappa shape index (κ1) is 13.3. The SMILES string of the molecule is CNC(=O)Cc1ccc2nc(-c3ncc[nH]3)cc(C)c2c1. The number of benzene rings is 1. The minimum Gasteiger partial charge on any atom is -0.359 e. The average molecular weight is 280 g/mol. The number of carbonyl (C=O) groups is 1. The van der Waals surface area contributed by atoms with Crippen LogP contribution in [0.25, 0.3) is 22.4 Å². The fourth-order valence-corrected chi connectivity index (χ4v) is 2.35. The molecule has 0 saturated carbocycles. The van der Waals surface area contributed by atoms with Crippen LogP contribution in [0.4, 0.5) is 0 Å². The highest BCUT2D eigenvalue weighted by molar-refractivity contribution is 5.86. The van der Waals surface area contributed by atoms with E-state index in [2.05, 4.69) is 20.3 Å². The van der Waals surface area contributed by atoms with Crippen molar-refractivity contribution in [3.63, 3.8) is 0 Å². The number of aryl methyl sites for hydroxylation is 1. The van der Waals surface area contributed by atoms with Crippen LogP contribution < -0.4 is 5.32 Å². The van der Waals surface area contributed by atoms with Crippen molar-refractivity contribution in [2.24, 2.45) is 0 Å². The molecule has 2 heterocycles. The zero-order valence-electron chi connectivity index (χ0n) is 12.0. The minimum atomic E-state index is 0.00664. The molecule has 0 radical (unpaired) electrons. The Hall–Kier alpha value is -2.69. The Morgan fingerprint density at radius 1 is 1.33 bits per heavy atom. The Bertz CT molecular complexity index is 793. The first-order valence-corrected chi connectivity index (χ1v) is 6.78. The van der Waals surface area contributed by atoms with Crippen molar-refractivity contribution >= 4 is 16.8 Å². The van der Waals surface area contributed by atoms with Crippen molar-refractivity contribution < 1.29 is 4.79 Å². The number of amides is 1. The largest absolute Gasteiger partial charge is 0.359 e.